The summed E-state index contributed by atoms with van der Waals surface area (Å²) in [6.07, 6.45) is 1.63. The van der Waals surface area contributed by atoms with Crippen molar-refractivity contribution in [1.29, 1.82) is 0 Å². The Bertz CT molecular complexity index is 1360. The molecular weight excluding hydrogens is 434 g/mol. The smallest absolute Gasteiger partial charge is 0.356 e. The summed E-state index contributed by atoms with van der Waals surface area (Å²) in [5.74, 6) is 0.235. The van der Waals surface area contributed by atoms with Gasteiger partial charge in [0.1, 0.15) is 11.5 Å². The van der Waals surface area contributed by atoms with Gasteiger partial charge in [-0.25, -0.2) is 19.6 Å². The highest BCUT2D eigenvalue weighted by molar-refractivity contribution is 6.06. The number of ether oxygens (including phenoxy) is 1. The van der Waals surface area contributed by atoms with Crippen LogP contribution in [0.1, 0.15) is 28.7 Å². The summed E-state index contributed by atoms with van der Waals surface area (Å²) < 4.78 is 6.36. The largest absolute Gasteiger partial charge is 0.464 e. The lowest BCUT2D eigenvalue weighted by molar-refractivity contribution is 0.0594. The number of aromatic nitrogens is 3. The molecule has 10 nitrogen and oxygen atoms in total. The number of nitrogens with zero attached hydrogens (tertiary/aromatic N) is 6. The number of benzene rings is 1. The fourth-order valence-electron chi connectivity index (χ4n) is 4.70. The van der Waals surface area contributed by atoms with E-state index in [4.69, 9.17) is 4.74 Å². The van der Waals surface area contributed by atoms with E-state index in [1.54, 1.807) is 17.0 Å². The van der Waals surface area contributed by atoms with Crippen molar-refractivity contribution < 1.29 is 9.53 Å². The first-order valence-corrected chi connectivity index (χ1v) is 11.4. The van der Waals surface area contributed by atoms with Crippen LogP contribution < -0.4 is 15.9 Å². The standard InChI is InChI=1S/C24H27N7O3/c1-4-31-22-21-18(25-14-26-22)11-16(12-19(21)28-24(31)33)13-29-7-9-30(10-8-29)20-6-5-17(23(32)34-3)27-15(20)2/h5-6,11-12,14H,4,7-10,13H2,1-3H3,(H,25,26). The molecule has 0 saturated carbocycles. The molecule has 1 aromatic carbocycles. The highest BCUT2D eigenvalue weighted by Gasteiger charge is 2.22. The molecule has 0 spiro atoms. The van der Waals surface area contributed by atoms with E-state index >= 15 is 0 Å². The predicted octanol–water partition coefficient (Wildman–Crippen LogP) is 2.31. The lowest BCUT2D eigenvalue weighted by Gasteiger charge is -2.36. The number of pyridine rings is 1. The summed E-state index contributed by atoms with van der Waals surface area (Å²) in [5, 5.41) is 4.10. The van der Waals surface area contributed by atoms with Gasteiger partial charge in [-0.05, 0) is 43.7 Å². The van der Waals surface area contributed by atoms with Crippen LogP contribution in [0.4, 0.5) is 17.2 Å². The van der Waals surface area contributed by atoms with Crippen LogP contribution in [0.25, 0.3) is 10.9 Å². The quantitative estimate of drug-likeness (QED) is 0.577. The molecular formula is C24H27N7O3. The van der Waals surface area contributed by atoms with Gasteiger partial charge in [0.25, 0.3) is 0 Å². The Morgan fingerprint density at radius 3 is 2.65 bits per heavy atom. The number of nitrogens with one attached hydrogen (secondary N) is 1. The minimum atomic E-state index is -0.426. The van der Waals surface area contributed by atoms with Crippen LogP contribution in [0.2, 0.25) is 0 Å². The third kappa shape index (κ3) is 3.90. The van der Waals surface area contributed by atoms with Crippen LogP contribution in [0.15, 0.2) is 34.1 Å². The van der Waals surface area contributed by atoms with E-state index in [9.17, 15) is 9.59 Å². The molecule has 2 aliphatic heterocycles. The molecule has 3 aromatic rings. The van der Waals surface area contributed by atoms with Gasteiger partial charge in [0.15, 0.2) is 0 Å². The molecule has 1 N–H and O–H groups in total. The Hall–Kier alpha value is -3.79. The van der Waals surface area contributed by atoms with Crippen LogP contribution in [0.3, 0.4) is 0 Å². The molecule has 0 unspecified atom stereocenters. The number of rotatable bonds is 5. The zero-order valence-electron chi connectivity index (χ0n) is 19.5. The number of hydrogen-bond donors (Lipinski definition) is 1. The zero-order chi connectivity index (χ0) is 23.8. The Morgan fingerprint density at radius 1 is 1.15 bits per heavy atom. The van der Waals surface area contributed by atoms with Gasteiger partial charge >= 0.3 is 11.7 Å². The summed E-state index contributed by atoms with van der Waals surface area (Å²) in [7, 11) is 1.36. The number of piperazine rings is 1. The first-order chi connectivity index (χ1) is 16.5. The van der Waals surface area contributed by atoms with Gasteiger partial charge in [-0.1, -0.05) is 0 Å². The third-order valence-corrected chi connectivity index (χ3v) is 6.40. The highest BCUT2D eigenvalue weighted by Crippen LogP contribution is 2.34. The van der Waals surface area contributed by atoms with Crippen molar-refractivity contribution in [2.75, 3.05) is 43.5 Å². The lowest BCUT2D eigenvalue weighted by Crippen LogP contribution is -2.46. The number of methoxy groups -OCH3 is 1. The van der Waals surface area contributed by atoms with Gasteiger partial charge in [0, 0.05) is 39.3 Å². The molecule has 0 radical (unpaired) electrons. The van der Waals surface area contributed by atoms with Crippen molar-refractivity contribution in [1.82, 2.24) is 19.4 Å². The Labute approximate surface area is 196 Å². The lowest BCUT2D eigenvalue weighted by atomic mass is 10.1. The maximum Gasteiger partial charge on any atom is 0.356 e. The summed E-state index contributed by atoms with van der Waals surface area (Å²) in [4.78, 5) is 42.0. The van der Waals surface area contributed by atoms with Crippen molar-refractivity contribution in [3.05, 3.63) is 51.7 Å². The molecule has 1 saturated heterocycles. The van der Waals surface area contributed by atoms with Crippen molar-refractivity contribution in [3.8, 4) is 0 Å². The van der Waals surface area contributed by atoms with Crippen molar-refractivity contribution in [2.45, 2.75) is 26.9 Å². The minimum absolute atomic E-state index is 0.275. The number of aryl methyl sites for hydroxylation is 1. The monoisotopic (exact) mass is 461 g/mol. The van der Waals surface area contributed by atoms with E-state index in [1.165, 1.54) is 7.11 Å². The molecule has 0 aliphatic carbocycles. The molecule has 0 amide bonds. The molecule has 2 aliphatic rings. The average molecular weight is 462 g/mol. The second-order valence-corrected chi connectivity index (χ2v) is 8.46. The molecule has 1 fully saturated rings. The van der Waals surface area contributed by atoms with E-state index < -0.39 is 5.97 Å². The number of carbonyl (C=O) groups is 1. The van der Waals surface area contributed by atoms with Crippen molar-refractivity contribution in [2.24, 2.45) is 4.99 Å². The molecule has 4 heterocycles. The third-order valence-electron chi connectivity index (χ3n) is 6.40. The van der Waals surface area contributed by atoms with E-state index in [0.717, 1.165) is 60.7 Å². The van der Waals surface area contributed by atoms with Crippen LogP contribution >= 0.6 is 0 Å². The first-order valence-electron chi connectivity index (χ1n) is 11.4. The fourth-order valence-corrected chi connectivity index (χ4v) is 4.70. The number of anilines is 2. The summed E-state index contributed by atoms with van der Waals surface area (Å²) in [5.41, 5.74) is 4.61. The van der Waals surface area contributed by atoms with E-state index in [1.807, 2.05) is 26.0 Å². The van der Waals surface area contributed by atoms with E-state index in [2.05, 4.69) is 36.1 Å². The highest BCUT2D eigenvalue weighted by atomic mass is 16.5. The SMILES string of the molecule is CCn1c2c3c(cc(CN4CCN(c5ccc(C(=O)OC)nc5C)CC4)cc3nc1=O)NC=N2. The van der Waals surface area contributed by atoms with Crippen molar-refractivity contribution in [3.63, 3.8) is 0 Å². The van der Waals surface area contributed by atoms with Gasteiger partial charge in [-0.3, -0.25) is 9.47 Å². The number of hydrogen-bond acceptors (Lipinski definition) is 9. The molecule has 5 rings (SSSR count). The van der Waals surface area contributed by atoms with Gasteiger partial charge in [-0.2, -0.15) is 4.98 Å². The van der Waals surface area contributed by atoms with Crippen molar-refractivity contribution >= 4 is 40.4 Å². The minimum Gasteiger partial charge on any atom is -0.464 e. The van der Waals surface area contributed by atoms with Gasteiger partial charge in [-0.15, -0.1) is 0 Å². The Balaban J connectivity index is 1.31. The molecule has 2 aromatic heterocycles. The van der Waals surface area contributed by atoms with Crippen LogP contribution in [-0.2, 0) is 17.8 Å². The van der Waals surface area contributed by atoms with Crippen LogP contribution in [0, 0.1) is 6.92 Å². The average Bonchev–Trinajstić information content (AvgIpc) is 2.84. The molecule has 176 valence electrons. The fraction of sp³-hybridized carbons (Fsp3) is 0.375. The first kappa shape index (κ1) is 22.0. The van der Waals surface area contributed by atoms with E-state index in [-0.39, 0.29) is 5.69 Å². The summed E-state index contributed by atoms with van der Waals surface area (Å²) >= 11 is 0. The maximum absolute atomic E-state index is 12.5. The topological polar surface area (TPSA) is 105 Å². The van der Waals surface area contributed by atoms with Crippen LogP contribution in [-0.4, -0.2) is 65.0 Å². The van der Waals surface area contributed by atoms with Gasteiger partial charge in [0.05, 0.1) is 41.4 Å². The van der Waals surface area contributed by atoms with Gasteiger partial charge < -0.3 is 15.0 Å². The molecule has 0 atom stereocenters. The molecule has 10 heteroatoms. The summed E-state index contributed by atoms with van der Waals surface area (Å²) in [6.45, 7) is 8.61. The second kappa shape index (κ2) is 8.86. The second-order valence-electron chi connectivity index (χ2n) is 8.46. The Morgan fingerprint density at radius 2 is 1.94 bits per heavy atom. The number of carbonyl (C=O) groups excluding carboxylic acids is 1. The molecule has 34 heavy (non-hydrogen) atoms. The summed E-state index contributed by atoms with van der Waals surface area (Å²) in [6, 6.07) is 7.77. The number of aliphatic imine (C=N–C) groups is 1. The predicted molar refractivity (Wildman–Crippen MR) is 131 cm³/mol. The normalized spacial score (nSPS) is 15.4. The van der Waals surface area contributed by atoms with Gasteiger partial charge in [0.2, 0.25) is 0 Å². The zero-order valence-corrected chi connectivity index (χ0v) is 19.5. The molecule has 0 bridgehead atoms. The maximum atomic E-state index is 12.5. The van der Waals surface area contributed by atoms with Crippen LogP contribution in [0.5, 0.6) is 0 Å². The Kier molecular flexibility index (Phi) is 5.74. The van der Waals surface area contributed by atoms with E-state index in [0.29, 0.717) is 23.6 Å². The number of esters is 1.